The Balaban J connectivity index is 1.99. The van der Waals surface area contributed by atoms with Crippen LogP contribution in [0.25, 0.3) is 0 Å². The Labute approximate surface area is 99.3 Å². The monoisotopic (exact) mass is 242 g/mol. The van der Waals surface area contributed by atoms with Gasteiger partial charge >= 0.3 is 0 Å². The smallest absolute Gasteiger partial charge is 0.203 e. The highest BCUT2D eigenvalue weighted by Gasteiger charge is 2.21. The maximum atomic E-state index is 9.37. The number of likely N-dealkylation sites (tertiary alicyclic amines) is 1. The lowest BCUT2D eigenvalue weighted by Gasteiger charge is -2.27. The zero-order valence-corrected chi connectivity index (χ0v) is 10.1. The molecule has 0 saturated carbocycles. The van der Waals surface area contributed by atoms with Crippen molar-refractivity contribution >= 4 is 16.5 Å². The molecule has 1 aliphatic rings. The van der Waals surface area contributed by atoms with Gasteiger partial charge in [-0.2, -0.15) is 0 Å². The van der Waals surface area contributed by atoms with E-state index in [-0.39, 0.29) is 12.6 Å². The van der Waals surface area contributed by atoms with Gasteiger partial charge in [0.15, 0.2) is 0 Å². The van der Waals surface area contributed by atoms with Crippen molar-refractivity contribution in [2.45, 2.75) is 38.3 Å². The van der Waals surface area contributed by atoms with E-state index < -0.39 is 0 Å². The largest absolute Gasteiger partial charge is 0.395 e. The average Bonchev–Trinajstić information content (AvgIpc) is 2.56. The van der Waals surface area contributed by atoms with E-state index in [0.29, 0.717) is 5.13 Å². The number of aliphatic hydroxyl groups is 1. The van der Waals surface area contributed by atoms with Gasteiger partial charge in [-0.15, -0.1) is 10.2 Å². The van der Waals surface area contributed by atoms with Crippen molar-refractivity contribution in [2.24, 2.45) is 0 Å². The van der Waals surface area contributed by atoms with Gasteiger partial charge in [0.25, 0.3) is 0 Å². The van der Waals surface area contributed by atoms with Gasteiger partial charge < -0.3 is 10.8 Å². The van der Waals surface area contributed by atoms with Gasteiger partial charge in [-0.05, 0) is 19.4 Å². The molecule has 2 heterocycles. The number of anilines is 1. The fourth-order valence-corrected chi connectivity index (χ4v) is 2.79. The van der Waals surface area contributed by atoms with Crippen LogP contribution in [0.15, 0.2) is 0 Å². The van der Waals surface area contributed by atoms with E-state index in [1.165, 1.54) is 30.6 Å². The molecular formula is C10H18N4OS. The zero-order valence-electron chi connectivity index (χ0n) is 9.30. The zero-order chi connectivity index (χ0) is 11.4. The highest BCUT2D eigenvalue weighted by atomic mass is 32.1. The van der Waals surface area contributed by atoms with Crippen LogP contribution in [0.2, 0.25) is 0 Å². The number of rotatable bonds is 3. The fourth-order valence-electron chi connectivity index (χ4n) is 2.16. The molecule has 90 valence electrons. The first-order valence-electron chi connectivity index (χ1n) is 5.72. The van der Waals surface area contributed by atoms with E-state index in [0.717, 1.165) is 24.5 Å². The molecule has 0 bridgehead atoms. The van der Waals surface area contributed by atoms with Crippen LogP contribution < -0.4 is 5.73 Å². The molecule has 0 amide bonds. The molecule has 3 N–H and O–H groups in total. The van der Waals surface area contributed by atoms with Crippen molar-refractivity contribution < 1.29 is 5.11 Å². The van der Waals surface area contributed by atoms with Crippen molar-refractivity contribution in [2.75, 3.05) is 18.9 Å². The number of nitrogens with zero attached hydrogens (tertiary/aromatic N) is 3. The van der Waals surface area contributed by atoms with Crippen molar-refractivity contribution in [3.63, 3.8) is 0 Å². The third-order valence-corrected chi connectivity index (χ3v) is 3.77. The second-order valence-electron chi connectivity index (χ2n) is 4.19. The van der Waals surface area contributed by atoms with Crippen LogP contribution in [-0.2, 0) is 6.54 Å². The summed E-state index contributed by atoms with van der Waals surface area (Å²) < 4.78 is 0. The highest BCUT2D eigenvalue weighted by Crippen LogP contribution is 2.20. The maximum absolute atomic E-state index is 9.37. The summed E-state index contributed by atoms with van der Waals surface area (Å²) in [6, 6.07) is 0.271. The molecule has 1 saturated heterocycles. The van der Waals surface area contributed by atoms with Crippen LogP contribution in [0.3, 0.4) is 0 Å². The molecule has 1 aliphatic heterocycles. The van der Waals surface area contributed by atoms with Gasteiger partial charge in [-0.3, -0.25) is 4.90 Å². The minimum atomic E-state index is 0.230. The SMILES string of the molecule is Nc1nnc(CN2CCCCCC2CO)s1. The Morgan fingerprint density at radius 2 is 2.25 bits per heavy atom. The summed E-state index contributed by atoms with van der Waals surface area (Å²) in [4.78, 5) is 2.30. The average molecular weight is 242 g/mol. The summed E-state index contributed by atoms with van der Waals surface area (Å²) in [7, 11) is 0. The lowest BCUT2D eigenvalue weighted by atomic mass is 10.1. The summed E-state index contributed by atoms with van der Waals surface area (Å²) in [5, 5.41) is 18.7. The minimum absolute atomic E-state index is 0.230. The van der Waals surface area contributed by atoms with Crippen LogP contribution in [0, 0.1) is 0 Å². The van der Waals surface area contributed by atoms with Crippen LogP contribution in [0.5, 0.6) is 0 Å². The molecule has 1 fully saturated rings. The lowest BCUT2D eigenvalue weighted by molar-refractivity contribution is 0.118. The third kappa shape index (κ3) is 2.90. The molecule has 0 radical (unpaired) electrons. The van der Waals surface area contributed by atoms with E-state index in [1.807, 2.05) is 0 Å². The normalized spacial score (nSPS) is 23.2. The standard InChI is InChI=1S/C10H18N4OS/c11-10-13-12-9(16-10)6-14-5-3-1-2-4-8(14)7-15/h8,15H,1-7H2,(H2,11,13). The molecule has 0 aliphatic carbocycles. The van der Waals surface area contributed by atoms with Crippen molar-refractivity contribution in [3.05, 3.63) is 5.01 Å². The van der Waals surface area contributed by atoms with Crippen LogP contribution >= 0.6 is 11.3 Å². The van der Waals surface area contributed by atoms with Crippen molar-refractivity contribution in [1.29, 1.82) is 0 Å². The number of hydrogen-bond donors (Lipinski definition) is 2. The number of nitrogens with two attached hydrogens (primary N) is 1. The summed E-state index contributed by atoms with van der Waals surface area (Å²) in [5.41, 5.74) is 5.56. The summed E-state index contributed by atoms with van der Waals surface area (Å²) in [5.74, 6) is 0. The first-order chi connectivity index (χ1) is 7.79. The molecule has 1 atom stereocenters. The molecule has 6 heteroatoms. The minimum Gasteiger partial charge on any atom is -0.395 e. The van der Waals surface area contributed by atoms with Gasteiger partial charge in [0.05, 0.1) is 13.2 Å². The van der Waals surface area contributed by atoms with Gasteiger partial charge in [0.1, 0.15) is 5.01 Å². The molecule has 5 nitrogen and oxygen atoms in total. The van der Waals surface area contributed by atoms with Crippen LogP contribution in [-0.4, -0.2) is 39.4 Å². The van der Waals surface area contributed by atoms with Crippen LogP contribution in [0.4, 0.5) is 5.13 Å². The van der Waals surface area contributed by atoms with Gasteiger partial charge in [-0.1, -0.05) is 24.2 Å². The Bertz CT molecular complexity index is 330. The predicted molar refractivity (Wildman–Crippen MR) is 64.1 cm³/mol. The van der Waals surface area contributed by atoms with E-state index in [9.17, 15) is 5.11 Å². The second kappa shape index (κ2) is 5.56. The molecule has 1 aromatic heterocycles. The quantitative estimate of drug-likeness (QED) is 0.822. The van der Waals surface area contributed by atoms with Crippen molar-refractivity contribution in [3.8, 4) is 0 Å². The first kappa shape index (κ1) is 11.8. The Morgan fingerprint density at radius 1 is 1.38 bits per heavy atom. The highest BCUT2D eigenvalue weighted by molar-refractivity contribution is 7.15. The third-order valence-electron chi connectivity index (χ3n) is 3.03. The number of nitrogen functional groups attached to an aromatic ring is 1. The second-order valence-corrected chi connectivity index (χ2v) is 5.28. The summed E-state index contributed by atoms with van der Waals surface area (Å²) >= 11 is 1.43. The Morgan fingerprint density at radius 3 is 2.94 bits per heavy atom. The number of aromatic nitrogens is 2. The molecule has 0 spiro atoms. The van der Waals surface area contributed by atoms with Gasteiger partial charge in [-0.25, -0.2) is 0 Å². The van der Waals surface area contributed by atoms with E-state index in [4.69, 9.17) is 5.73 Å². The van der Waals surface area contributed by atoms with E-state index >= 15 is 0 Å². The number of hydrogen-bond acceptors (Lipinski definition) is 6. The van der Waals surface area contributed by atoms with Gasteiger partial charge in [0, 0.05) is 6.04 Å². The predicted octanol–water partition coefficient (Wildman–Crippen LogP) is 0.857. The Hall–Kier alpha value is -0.720. The molecule has 1 aromatic rings. The molecule has 16 heavy (non-hydrogen) atoms. The first-order valence-corrected chi connectivity index (χ1v) is 6.54. The summed E-state index contributed by atoms with van der Waals surface area (Å²) in [6.45, 7) is 2.03. The molecular weight excluding hydrogens is 224 g/mol. The van der Waals surface area contributed by atoms with Gasteiger partial charge in [0.2, 0.25) is 5.13 Å². The fraction of sp³-hybridized carbons (Fsp3) is 0.800. The Kier molecular flexibility index (Phi) is 4.09. The maximum Gasteiger partial charge on any atom is 0.203 e. The van der Waals surface area contributed by atoms with E-state index in [2.05, 4.69) is 15.1 Å². The lowest BCUT2D eigenvalue weighted by Crippen LogP contribution is -2.36. The molecule has 0 aromatic carbocycles. The van der Waals surface area contributed by atoms with Crippen LogP contribution in [0.1, 0.15) is 30.7 Å². The summed E-state index contributed by atoms with van der Waals surface area (Å²) in [6.07, 6.45) is 4.74. The van der Waals surface area contributed by atoms with Crippen molar-refractivity contribution in [1.82, 2.24) is 15.1 Å². The number of aliphatic hydroxyl groups excluding tert-OH is 1. The molecule has 2 rings (SSSR count). The topological polar surface area (TPSA) is 75.3 Å². The van der Waals surface area contributed by atoms with E-state index in [1.54, 1.807) is 0 Å². The molecule has 1 unspecified atom stereocenters.